The van der Waals surface area contributed by atoms with Crippen molar-refractivity contribution in [2.75, 3.05) is 0 Å². The van der Waals surface area contributed by atoms with Crippen LogP contribution in [0.3, 0.4) is 0 Å². The van der Waals surface area contributed by atoms with Crippen LogP contribution in [-0.2, 0) is 9.53 Å². The first kappa shape index (κ1) is 20.7. The molecule has 13 heteroatoms. The molecule has 0 bridgehead atoms. The minimum Gasteiger partial charge on any atom is -0.462 e. The summed E-state index contributed by atoms with van der Waals surface area (Å²) in [5.41, 5.74) is 7.87. The first-order valence-corrected chi connectivity index (χ1v) is 8.99. The fraction of sp³-hybridized carbons (Fsp3) is 0.500. The molecular weight excluding hydrogens is 402 g/mol. The molecule has 0 saturated heterocycles. The number of alkyl halides is 1. The zero-order valence-electron chi connectivity index (χ0n) is 13.9. The highest BCUT2D eigenvalue weighted by Crippen LogP contribution is 2.42. The molecule has 1 aromatic rings. The molecule has 0 aliphatic heterocycles. The number of halogens is 1. The SMILES string of the molecule is CC(=O)O[C@H]1C[C@@H](Sc2ccc([N+](=O)[O-])cc2[N+](=O)[O-])[C@H](Cl)C[C@@H]1N=[N+]=[N-]. The number of rotatable bonds is 6. The summed E-state index contributed by atoms with van der Waals surface area (Å²) in [5.74, 6) is -0.545. The van der Waals surface area contributed by atoms with Gasteiger partial charge in [0.2, 0.25) is 0 Å². The summed E-state index contributed by atoms with van der Waals surface area (Å²) >= 11 is 7.43. The van der Waals surface area contributed by atoms with E-state index in [4.69, 9.17) is 21.9 Å². The highest BCUT2D eigenvalue weighted by atomic mass is 35.5. The van der Waals surface area contributed by atoms with Crippen LogP contribution in [0.25, 0.3) is 10.4 Å². The number of nitrogens with zero attached hydrogens (tertiary/aromatic N) is 5. The van der Waals surface area contributed by atoms with Crippen molar-refractivity contribution < 1.29 is 19.4 Å². The number of carbonyl (C=O) groups excluding carboxylic acids is 1. The van der Waals surface area contributed by atoms with E-state index >= 15 is 0 Å². The van der Waals surface area contributed by atoms with Crippen LogP contribution in [0.1, 0.15) is 19.8 Å². The van der Waals surface area contributed by atoms with Gasteiger partial charge < -0.3 is 4.74 Å². The minimum absolute atomic E-state index is 0.213. The molecule has 4 atom stereocenters. The standard InChI is InChI=1S/C14H14ClN5O6S/c1-7(21)26-12-6-14(9(15)5-10(12)17-18-16)27-13-3-2-8(19(22)23)4-11(13)20(24)25/h2-4,9-10,12,14H,5-6H2,1H3/t9-,10+,12+,14-/m1/s1. The van der Waals surface area contributed by atoms with Gasteiger partial charge in [0.15, 0.2) is 0 Å². The molecule has 1 aliphatic carbocycles. The van der Waals surface area contributed by atoms with Crippen LogP contribution in [-0.4, -0.2) is 38.6 Å². The third kappa shape index (κ3) is 5.22. The average Bonchev–Trinajstić information content (AvgIpc) is 2.58. The molecular formula is C14H14ClN5O6S. The van der Waals surface area contributed by atoms with Crippen LogP contribution < -0.4 is 0 Å². The number of thioether (sulfide) groups is 1. The van der Waals surface area contributed by atoms with E-state index in [1.54, 1.807) is 0 Å². The Hall–Kier alpha value is -2.56. The number of non-ortho nitro benzene ring substituents is 1. The lowest BCUT2D eigenvalue weighted by molar-refractivity contribution is -0.396. The van der Waals surface area contributed by atoms with Gasteiger partial charge in [0.25, 0.3) is 11.4 Å². The van der Waals surface area contributed by atoms with E-state index in [0.29, 0.717) is 0 Å². The quantitative estimate of drug-likeness (QED) is 0.129. The van der Waals surface area contributed by atoms with Crippen LogP contribution in [0, 0.1) is 20.2 Å². The van der Waals surface area contributed by atoms with Crippen LogP contribution in [0.4, 0.5) is 11.4 Å². The monoisotopic (exact) mass is 415 g/mol. The number of nitro groups is 2. The second kappa shape index (κ2) is 8.89. The van der Waals surface area contributed by atoms with Crippen molar-refractivity contribution in [2.45, 2.75) is 47.4 Å². The van der Waals surface area contributed by atoms with Crippen molar-refractivity contribution >= 4 is 40.7 Å². The Labute approximate surface area is 161 Å². The fourth-order valence-corrected chi connectivity index (χ4v) is 4.45. The molecule has 0 spiro atoms. The largest absolute Gasteiger partial charge is 0.462 e. The number of azide groups is 1. The zero-order chi connectivity index (χ0) is 20.1. The molecule has 1 aromatic carbocycles. The summed E-state index contributed by atoms with van der Waals surface area (Å²) in [4.78, 5) is 35.0. The molecule has 2 rings (SSSR count). The van der Waals surface area contributed by atoms with Crippen molar-refractivity contribution in [1.29, 1.82) is 0 Å². The molecule has 0 amide bonds. The number of nitro benzene ring substituents is 2. The van der Waals surface area contributed by atoms with E-state index in [9.17, 15) is 25.0 Å². The summed E-state index contributed by atoms with van der Waals surface area (Å²) in [5, 5.41) is 24.8. The van der Waals surface area contributed by atoms with Gasteiger partial charge in [0.1, 0.15) is 6.10 Å². The van der Waals surface area contributed by atoms with Crippen LogP contribution >= 0.6 is 23.4 Å². The van der Waals surface area contributed by atoms with Crippen LogP contribution in [0.15, 0.2) is 28.2 Å². The zero-order valence-corrected chi connectivity index (χ0v) is 15.5. The maximum absolute atomic E-state index is 11.3. The van der Waals surface area contributed by atoms with Gasteiger partial charge in [-0.05, 0) is 24.4 Å². The lowest BCUT2D eigenvalue weighted by atomic mass is 9.92. The van der Waals surface area contributed by atoms with Gasteiger partial charge in [0, 0.05) is 28.5 Å². The number of benzene rings is 1. The second-order valence-corrected chi connectivity index (χ2v) is 7.57. The molecule has 1 aliphatic rings. The molecule has 0 N–H and O–H groups in total. The summed E-state index contributed by atoms with van der Waals surface area (Å²) in [6.07, 6.45) is -0.263. The van der Waals surface area contributed by atoms with Crippen molar-refractivity contribution in [3.05, 3.63) is 48.9 Å². The summed E-state index contributed by atoms with van der Waals surface area (Å²) in [6.45, 7) is 1.23. The van der Waals surface area contributed by atoms with Crippen molar-refractivity contribution in [1.82, 2.24) is 0 Å². The van der Waals surface area contributed by atoms with E-state index in [0.717, 1.165) is 17.8 Å². The number of hydrogen-bond acceptors (Lipinski definition) is 8. The second-order valence-electron chi connectivity index (χ2n) is 5.73. The van der Waals surface area contributed by atoms with Gasteiger partial charge >= 0.3 is 5.97 Å². The molecule has 1 saturated carbocycles. The van der Waals surface area contributed by atoms with Crippen molar-refractivity contribution in [3.8, 4) is 0 Å². The van der Waals surface area contributed by atoms with Gasteiger partial charge in [-0.1, -0.05) is 5.11 Å². The third-order valence-electron chi connectivity index (χ3n) is 3.91. The van der Waals surface area contributed by atoms with Gasteiger partial charge in [0.05, 0.1) is 26.9 Å². The van der Waals surface area contributed by atoms with E-state index in [2.05, 4.69) is 10.0 Å². The van der Waals surface area contributed by atoms with E-state index in [1.807, 2.05) is 0 Å². The Balaban J connectivity index is 2.27. The van der Waals surface area contributed by atoms with Crippen molar-refractivity contribution in [2.24, 2.45) is 5.11 Å². The lowest BCUT2D eigenvalue weighted by Crippen LogP contribution is -2.42. The number of esters is 1. The summed E-state index contributed by atoms with van der Waals surface area (Å²) in [7, 11) is 0. The molecule has 0 radical (unpaired) electrons. The van der Waals surface area contributed by atoms with Gasteiger partial charge in [-0.15, -0.1) is 23.4 Å². The Bertz CT molecular complexity index is 817. The fourth-order valence-electron chi connectivity index (χ4n) is 2.74. The molecule has 27 heavy (non-hydrogen) atoms. The molecule has 0 heterocycles. The topological polar surface area (TPSA) is 161 Å². The van der Waals surface area contributed by atoms with Gasteiger partial charge in [-0.3, -0.25) is 25.0 Å². The first-order valence-electron chi connectivity index (χ1n) is 7.68. The van der Waals surface area contributed by atoms with Crippen LogP contribution in [0.5, 0.6) is 0 Å². The predicted octanol–water partition coefficient (Wildman–Crippen LogP) is 3.98. The Morgan fingerprint density at radius 1 is 1.37 bits per heavy atom. The average molecular weight is 416 g/mol. The van der Waals surface area contributed by atoms with Gasteiger partial charge in [-0.25, -0.2) is 0 Å². The maximum atomic E-state index is 11.3. The maximum Gasteiger partial charge on any atom is 0.302 e. The highest BCUT2D eigenvalue weighted by molar-refractivity contribution is 8.00. The lowest BCUT2D eigenvalue weighted by Gasteiger charge is -2.35. The Morgan fingerprint density at radius 3 is 2.63 bits per heavy atom. The molecule has 1 fully saturated rings. The molecule has 0 aromatic heterocycles. The number of carbonyl (C=O) groups is 1. The normalized spacial score (nSPS) is 24.5. The number of ether oxygens (including phenoxy) is 1. The predicted molar refractivity (Wildman–Crippen MR) is 96.8 cm³/mol. The Kier molecular flexibility index (Phi) is 6.83. The van der Waals surface area contributed by atoms with Gasteiger partial charge in [-0.2, -0.15) is 0 Å². The smallest absolute Gasteiger partial charge is 0.302 e. The third-order valence-corrected chi connectivity index (χ3v) is 5.96. The molecule has 0 unspecified atom stereocenters. The highest BCUT2D eigenvalue weighted by Gasteiger charge is 2.39. The van der Waals surface area contributed by atoms with E-state index in [1.165, 1.54) is 19.1 Å². The Morgan fingerprint density at radius 2 is 2.07 bits per heavy atom. The summed E-state index contributed by atoms with van der Waals surface area (Å²) < 4.78 is 5.20. The number of hydrogen-bond donors (Lipinski definition) is 0. The van der Waals surface area contributed by atoms with Crippen molar-refractivity contribution in [3.63, 3.8) is 0 Å². The minimum atomic E-state index is -0.715. The van der Waals surface area contributed by atoms with E-state index in [-0.39, 0.29) is 23.0 Å². The molecule has 144 valence electrons. The first-order chi connectivity index (χ1) is 12.7. The molecule has 11 nitrogen and oxygen atoms in total. The van der Waals surface area contributed by atoms with E-state index < -0.39 is 44.7 Å². The summed E-state index contributed by atoms with van der Waals surface area (Å²) in [6, 6.07) is 2.73. The van der Waals surface area contributed by atoms with Crippen LogP contribution in [0.2, 0.25) is 0 Å².